The van der Waals surface area contributed by atoms with E-state index in [1.54, 1.807) is 13.8 Å². The van der Waals surface area contributed by atoms with Crippen LogP contribution >= 0.6 is 0 Å². The van der Waals surface area contributed by atoms with Gasteiger partial charge in [-0.2, -0.15) is 8.42 Å². The number of carboxylic acid groups (broad SMARTS) is 1. The molecule has 0 unspecified atom stereocenters. The molecule has 0 aliphatic rings. The zero-order valence-electron chi connectivity index (χ0n) is 11.3. The van der Waals surface area contributed by atoms with Crippen molar-refractivity contribution in [2.24, 2.45) is 5.41 Å². The van der Waals surface area contributed by atoms with E-state index in [1.165, 1.54) is 0 Å². The molecular formula is C10H17NaO7S. The van der Waals surface area contributed by atoms with Gasteiger partial charge < -0.3 is 14.1 Å². The fourth-order valence-corrected chi connectivity index (χ4v) is 2.36. The summed E-state index contributed by atoms with van der Waals surface area (Å²) in [5, 5.41) is 10.7. The molecule has 0 atom stereocenters. The minimum absolute atomic E-state index is 0. The van der Waals surface area contributed by atoms with Gasteiger partial charge in [-0.05, 0) is 12.8 Å². The number of rotatable bonds is 8. The van der Waals surface area contributed by atoms with Crippen LogP contribution < -0.4 is 34.7 Å². The predicted octanol–water partition coefficient (Wildman–Crippen LogP) is -2.94. The molecule has 0 bridgehead atoms. The monoisotopic (exact) mass is 304 g/mol. The van der Waals surface area contributed by atoms with Crippen molar-refractivity contribution >= 4 is 22.3 Å². The molecule has 0 radical (unpaired) electrons. The van der Waals surface area contributed by atoms with Gasteiger partial charge in [0.15, 0.2) is 0 Å². The van der Waals surface area contributed by atoms with Crippen LogP contribution in [-0.2, 0) is 24.2 Å². The van der Waals surface area contributed by atoms with Gasteiger partial charge in [0.1, 0.15) is 0 Å². The van der Waals surface area contributed by atoms with Gasteiger partial charge in [-0.25, -0.2) is 0 Å². The van der Waals surface area contributed by atoms with E-state index in [-0.39, 0.29) is 42.4 Å². The molecule has 0 spiro atoms. The maximum atomic E-state index is 11.7. The van der Waals surface area contributed by atoms with E-state index in [0.29, 0.717) is 12.8 Å². The zero-order chi connectivity index (χ0) is 14.4. The molecule has 0 heterocycles. The Hall–Kier alpha value is -0.150. The maximum Gasteiger partial charge on any atom is 1.00 e. The standard InChI is InChI=1S/C10H18O7S.Na/c1-3-5-10(6-4-2,7-8(11)12)9(13)17-18(14,15)16;/h3-7H2,1-2H3,(H,11,12)(H,14,15,16);/q;+1/p-1. The van der Waals surface area contributed by atoms with E-state index in [0.717, 1.165) is 0 Å². The van der Waals surface area contributed by atoms with E-state index in [4.69, 9.17) is 4.55 Å². The maximum absolute atomic E-state index is 11.7. The summed E-state index contributed by atoms with van der Waals surface area (Å²) in [5.41, 5.74) is -1.47. The molecule has 1 N–H and O–H groups in total. The number of carbonyl (C=O) groups excluding carboxylic acids is 2. The Morgan fingerprint density at radius 1 is 1.21 bits per heavy atom. The van der Waals surface area contributed by atoms with E-state index >= 15 is 0 Å². The van der Waals surface area contributed by atoms with E-state index in [1.807, 2.05) is 0 Å². The van der Waals surface area contributed by atoms with Crippen molar-refractivity contribution in [3.63, 3.8) is 0 Å². The minimum Gasteiger partial charge on any atom is -0.550 e. The first-order valence-electron chi connectivity index (χ1n) is 5.58. The van der Waals surface area contributed by atoms with Crippen LogP contribution in [-0.4, -0.2) is 24.9 Å². The van der Waals surface area contributed by atoms with Crippen LogP contribution in [0.2, 0.25) is 0 Å². The number of carboxylic acids is 1. The minimum atomic E-state index is -4.94. The molecule has 0 saturated heterocycles. The normalized spacial score (nSPS) is 11.5. The van der Waals surface area contributed by atoms with Crippen LogP contribution in [0, 0.1) is 5.41 Å². The Balaban J connectivity index is 0. The number of hydrogen-bond donors (Lipinski definition) is 1. The molecule has 0 aliphatic carbocycles. The molecule has 0 aliphatic heterocycles. The van der Waals surface area contributed by atoms with Crippen LogP contribution in [0.25, 0.3) is 0 Å². The molecule has 0 aromatic rings. The van der Waals surface area contributed by atoms with Crippen LogP contribution in [0.4, 0.5) is 0 Å². The van der Waals surface area contributed by atoms with Gasteiger partial charge in [-0.1, -0.05) is 26.7 Å². The van der Waals surface area contributed by atoms with Gasteiger partial charge in [-0.3, -0.25) is 9.35 Å². The summed E-state index contributed by atoms with van der Waals surface area (Å²) in [5.74, 6) is -2.72. The molecule has 106 valence electrons. The topological polar surface area (TPSA) is 121 Å². The summed E-state index contributed by atoms with van der Waals surface area (Å²) in [6.45, 7) is 3.45. The number of aliphatic carboxylic acids is 1. The summed E-state index contributed by atoms with van der Waals surface area (Å²) in [4.78, 5) is 22.4. The van der Waals surface area contributed by atoms with Crippen LogP contribution in [0.15, 0.2) is 0 Å². The second-order valence-electron chi connectivity index (χ2n) is 4.13. The predicted molar refractivity (Wildman–Crippen MR) is 59.5 cm³/mol. The Morgan fingerprint density at radius 2 is 1.63 bits per heavy atom. The summed E-state index contributed by atoms with van der Waals surface area (Å²) in [6.07, 6.45) is 0.580. The molecule has 7 nitrogen and oxygen atoms in total. The van der Waals surface area contributed by atoms with Crippen molar-refractivity contribution in [2.75, 3.05) is 0 Å². The Morgan fingerprint density at radius 3 is 1.89 bits per heavy atom. The summed E-state index contributed by atoms with van der Waals surface area (Å²) in [6, 6.07) is 0. The van der Waals surface area contributed by atoms with Crippen LogP contribution in [0.1, 0.15) is 46.0 Å². The third-order valence-corrected chi connectivity index (χ3v) is 2.92. The van der Waals surface area contributed by atoms with Crippen molar-refractivity contribution in [3.8, 4) is 0 Å². The van der Waals surface area contributed by atoms with Gasteiger partial charge in [0.2, 0.25) is 0 Å². The molecule has 9 heteroatoms. The molecule has 0 aromatic heterocycles. The SMILES string of the molecule is CCCC(CCC)(CC(=O)[O-])C(=O)OS(=O)(=O)O.[Na+]. The van der Waals surface area contributed by atoms with Crippen molar-refractivity contribution in [2.45, 2.75) is 46.0 Å². The van der Waals surface area contributed by atoms with Crippen LogP contribution in [0.5, 0.6) is 0 Å². The van der Waals surface area contributed by atoms with E-state index in [9.17, 15) is 23.1 Å². The Labute approximate surface area is 135 Å². The van der Waals surface area contributed by atoms with Gasteiger partial charge in [0.25, 0.3) is 0 Å². The van der Waals surface area contributed by atoms with Crippen molar-refractivity contribution in [3.05, 3.63) is 0 Å². The summed E-state index contributed by atoms with van der Waals surface area (Å²) < 4.78 is 33.5. The molecule has 0 aromatic carbocycles. The molecule has 0 rings (SSSR count). The largest absolute Gasteiger partial charge is 1.00 e. The molecule has 0 amide bonds. The van der Waals surface area contributed by atoms with E-state index in [2.05, 4.69) is 4.18 Å². The zero-order valence-corrected chi connectivity index (χ0v) is 14.2. The summed E-state index contributed by atoms with van der Waals surface area (Å²) >= 11 is 0. The molecular weight excluding hydrogens is 287 g/mol. The average molecular weight is 304 g/mol. The Bertz CT molecular complexity index is 398. The second-order valence-corrected chi connectivity index (χ2v) is 5.15. The third kappa shape index (κ3) is 7.88. The fourth-order valence-electron chi connectivity index (χ4n) is 2.00. The van der Waals surface area contributed by atoms with Crippen molar-refractivity contribution in [1.29, 1.82) is 0 Å². The van der Waals surface area contributed by atoms with Crippen molar-refractivity contribution in [1.82, 2.24) is 0 Å². The fraction of sp³-hybridized carbons (Fsp3) is 0.800. The third-order valence-electron chi connectivity index (χ3n) is 2.55. The smallest absolute Gasteiger partial charge is 0.550 e. The molecule has 19 heavy (non-hydrogen) atoms. The van der Waals surface area contributed by atoms with Crippen molar-refractivity contribution < 1.29 is 61.4 Å². The first-order valence-corrected chi connectivity index (χ1v) is 6.94. The van der Waals surface area contributed by atoms with Gasteiger partial charge in [0, 0.05) is 12.4 Å². The van der Waals surface area contributed by atoms with E-state index < -0.39 is 34.2 Å². The Kier molecular flexibility index (Phi) is 9.92. The number of hydrogen-bond acceptors (Lipinski definition) is 6. The van der Waals surface area contributed by atoms with Crippen LogP contribution in [0.3, 0.4) is 0 Å². The van der Waals surface area contributed by atoms with Gasteiger partial charge >= 0.3 is 45.9 Å². The first-order chi connectivity index (χ1) is 8.17. The molecule has 0 saturated carbocycles. The second kappa shape index (κ2) is 8.91. The number of carbonyl (C=O) groups is 2. The first kappa shape index (κ1) is 21.2. The quantitative estimate of drug-likeness (QED) is 0.376. The summed E-state index contributed by atoms with van der Waals surface area (Å²) in [7, 11) is -4.94. The average Bonchev–Trinajstić information content (AvgIpc) is 2.14. The van der Waals surface area contributed by atoms with Gasteiger partial charge in [0.05, 0.1) is 5.41 Å². The van der Waals surface area contributed by atoms with Gasteiger partial charge in [-0.15, -0.1) is 0 Å². The molecule has 0 fully saturated rings.